The molecular formula is C28H23Cl2N3O5. The number of carbonyl (C=O) groups is 4. The summed E-state index contributed by atoms with van der Waals surface area (Å²) < 4.78 is 5.18. The Morgan fingerprint density at radius 3 is 2.32 bits per heavy atom. The number of anilines is 3. The fraction of sp³-hybridized carbons (Fsp3) is 0.143. The Morgan fingerprint density at radius 1 is 0.868 bits per heavy atom. The molecule has 0 spiro atoms. The smallest absolute Gasteiger partial charge is 0.338 e. The van der Waals surface area contributed by atoms with E-state index in [4.69, 9.17) is 27.9 Å². The first-order valence-corrected chi connectivity index (χ1v) is 12.5. The lowest BCUT2D eigenvalue weighted by molar-refractivity contribution is -0.120. The molecule has 3 aromatic rings. The van der Waals surface area contributed by atoms with E-state index in [0.29, 0.717) is 23.5 Å². The van der Waals surface area contributed by atoms with Gasteiger partial charge in [0.15, 0.2) is 0 Å². The van der Waals surface area contributed by atoms with Crippen molar-refractivity contribution in [3.05, 3.63) is 99.7 Å². The first-order valence-electron chi connectivity index (χ1n) is 11.8. The molecule has 3 amide bonds. The molecular weight excluding hydrogens is 529 g/mol. The highest BCUT2D eigenvalue weighted by Gasteiger charge is 2.39. The Hall–Kier alpha value is -4.14. The third-order valence-corrected chi connectivity index (χ3v) is 6.29. The van der Waals surface area contributed by atoms with Crippen LogP contribution < -0.4 is 15.5 Å². The largest absolute Gasteiger partial charge is 0.462 e. The second kappa shape index (κ2) is 11.9. The Balaban J connectivity index is 1.44. The van der Waals surface area contributed by atoms with Crippen LogP contribution in [0.3, 0.4) is 0 Å². The number of imide groups is 1. The lowest BCUT2D eigenvalue weighted by Crippen LogP contribution is -2.32. The van der Waals surface area contributed by atoms with Crippen molar-refractivity contribution in [3.63, 3.8) is 0 Å². The lowest BCUT2D eigenvalue weighted by Gasteiger charge is -2.16. The minimum absolute atomic E-state index is 0.129. The Bertz CT molecular complexity index is 1440. The normalized spacial score (nSPS) is 13.1. The predicted octanol–water partition coefficient (Wildman–Crippen LogP) is 5.98. The van der Waals surface area contributed by atoms with Crippen molar-refractivity contribution < 1.29 is 23.9 Å². The highest BCUT2D eigenvalue weighted by Crippen LogP contribution is 2.34. The lowest BCUT2D eigenvalue weighted by atomic mass is 10.1. The second-order valence-electron chi connectivity index (χ2n) is 8.31. The molecule has 1 aliphatic heterocycles. The zero-order valence-corrected chi connectivity index (χ0v) is 21.8. The van der Waals surface area contributed by atoms with Crippen LogP contribution in [-0.4, -0.2) is 30.3 Å². The molecule has 0 bridgehead atoms. The summed E-state index contributed by atoms with van der Waals surface area (Å²) >= 11 is 12.4. The molecule has 0 aromatic heterocycles. The second-order valence-corrected chi connectivity index (χ2v) is 9.10. The Kier molecular flexibility index (Phi) is 8.45. The maximum absolute atomic E-state index is 13.0. The highest BCUT2D eigenvalue weighted by molar-refractivity contribution is 6.53. The summed E-state index contributed by atoms with van der Waals surface area (Å²) in [6.45, 7) is 2.37. The molecule has 10 heteroatoms. The summed E-state index contributed by atoms with van der Waals surface area (Å²) in [5, 5.41) is 5.54. The van der Waals surface area contributed by atoms with E-state index in [-0.39, 0.29) is 27.0 Å². The van der Waals surface area contributed by atoms with Gasteiger partial charge in [-0.1, -0.05) is 54.7 Å². The fourth-order valence-electron chi connectivity index (χ4n) is 3.63. The SMILES string of the molecule is CCCCOC(=O)c1ccc(NC(=O)c2cccc(NC3=C(Cl)C(=O)N(c4ccccc4Cl)C3=O)c2)cc1. The maximum atomic E-state index is 13.0. The molecule has 0 saturated carbocycles. The van der Waals surface area contributed by atoms with E-state index in [1.165, 1.54) is 12.1 Å². The van der Waals surface area contributed by atoms with E-state index in [9.17, 15) is 19.2 Å². The molecule has 2 N–H and O–H groups in total. The molecule has 8 nitrogen and oxygen atoms in total. The molecule has 0 saturated heterocycles. The maximum Gasteiger partial charge on any atom is 0.338 e. The van der Waals surface area contributed by atoms with Crippen LogP contribution in [0.4, 0.5) is 17.1 Å². The average Bonchev–Trinajstić information content (AvgIpc) is 3.12. The summed E-state index contributed by atoms with van der Waals surface area (Å²) in [4.78, 5) is 51.5. The number of ether oxygens (including phenoxy) is 1. The van der Waals surface area contributed by atoms with Crippen molar-refractivity contribution in [2.75, 3.05) is 22.1 Å². The van der Waals surface area contributed by atoms with Crippen LogP contribution in [0.5, 0.6) is 0 Å². The predicted molar refractivity (Wildman–Crippen MR) is 146 cm³/mol. The minimum Gasteiger partial charge on any atom is -0.462 e. The van der Waals surface area contributed by atoms with Gasteiger partial charge in [-0.3, -0.25) is 14.4 Å². The molecule has 3 aromatic carbocycles. The van der Waals surface area contributed by atoms with Crippen LogP contribution >= 0.6 is 23.2 Å². The van der Waals surface area contributed by atoms with Crippen molar-refractivity contribution in [1.29, 1.82) is 0 Å². The van der Waals surface area contributed by atoms with E-state index < -0.39 is 23.7 Å². The molecule has 1 heterocycles. The number of halogens is 2. The number of para-hydroxylation sites is 1. The van der Waals surface area contributed by atoms with Crippen LogP contribution in [0, 0.1) is 0 Å². The van der Waals surface area contributed by atoms with Crippen LogP contribution in [-0.2, 0) is 14.3 Å². The molecule has 4 rings (SSSR count). The topological polar surface area (TPSA) is 105 Å². The summed E-state index contributed by atoms with van der Waals surface area (Å²) in [5.41, 5.74) is 1.61. The molecule has 0 aliphatic carbocycles. The molecule has 0 atom stereocenters. The van der Waals surface area contributed by atoms with Crippen LogP contribution in [0.1, 0.15) is 40.5 Å². The van der Waals surface area contributed by atoms with Gasteiger partial charge in [-0.15, -0.1) is 0 Å². The molecule has 0 unspecified atom stereocenters. The Labute approximate surface area is 229 Å². The Morgan fingerprint density at radius 2 is 1.61 bits per heavy atom. The number of unbranched alkanes of at least 4 members (excludes halogenated alkanes) is 1. The van der Waals surface area contributed by atoms with Gasteiger partial charge in [0.1, 0.15) is 10.7 Å². The average molecular weight is 552 g/mol. The van der Waals surface area contributed by atoms with Gasteiger partial charge >= 0.3 is 5.97 Å². The van der Waals surface area contributed by atoms with E-state index >= 15 is 0 Å². The summed E-state index contributed by atoms with van der Waals surface area (Å²) in [6.07, 6.45) is 1.72. The molecule has 0 fully saturated rings. The zero-order valence-electron chi connectivity index (χ0n) is 20.3. The first-order chi connectivity index (χ1) is 18.3. The quantitative estimate of drug-likeness (QED) is 0.192. The van der Waals surface area contributed by atoms with Crippen LogP contribution in [0.2, 0.25) is 5.02 Å². The molecule has 0 radical (unpaired) electrons. The van der Waals surface area contributed by atoms with Crippen molar-refractivity contribution in [2.45, 2.75) is 19.8 Å². The highest BCUT2D eigenvalue weighted by atomic mass is 35.5. The van der Waals surface area contributed by atoms with Crippen molar-refractivity contribution in [3.8, 4) is 0 Å². The van der Waals surface area contributed by atoms with Gasteiger partial charge in [-0.25, -0.2) is 9.69 Å². The van der Waals surface area contributed by atoms with Gasteiger partial charge in [0, 0.05) is 16.9 Å². The van der Waals surface area contributed by atoms with Gasteiger partial charge in [0.2, 0.25) is 0 Å². The number of benzene rings is 3. The fourth-order valence-corrected chi connectivity index (χ4v) is 4.06. The van der Waals surface area contributed by atoms with Gasteiger partial charge in [-0.2, -0.15) is 0 Å². The number of hydrogen-bond acceptors (Lipinski definition) is 6. The van der Waals surface area contributed by atoms with Crippen molar-refractivity contribution >= 4 is 64.0 Å². The van der Waals surface area contributed by atoms with Gasteiger partial charge in [-0.05, 0) is 61.0 Å². The van der Waals surface area contributed by atoms with E-state index in [0.717, 1.165) is 17.7 Å². The summed E-state index contributed by atoms with van der Waals surface area (Å²) in [6, 6.07) is 19.1. The number of amides is 3. The number of esters is 1. The number of nitrogens with one attached hydrogen (secondary N) is 2. The number of rotatable bonds is 9. The van der Waals surface area contributed by atoms with Gasteiger partial charge in [0.05, 0.1) is 22.9 Å². The van der Waals surface area contributed by atoms with E-state index in [1.807, 2.05) is 6.92 Å². The standard InChI is InChI=1S/C28H23Cl2N3O5/c1-2-3-15-38-28(37)17-11-13-19(14-12-17)32-25(34)18-7-6-8-20(16-18)31-24-23(30)26(35)33(27(24)36)22-10-5-4-9-21(22)29/h4-14,16,31H,2-3,15H2,1H3,(H,32,34). The number of nitrogens with zero attached hydrogens (tertiary/aromatic N) is 1. The van der Waals surface area contributed by atoms with Crippen LogP contribution in [0.25, 0.3) is 0 Å². The van der Waals surface area contributed by atoms with E-state index in [2.05, 4.69) is 10.6 Å². The third kappa shape index (κ3) is 5.88. The molecule has 38 heavy (non-hydrogen) atoms. The minimum atomic E-state index is -0.709. The van der Waals surface area contributed by atoms with Crippen molar-refractivity contribution in [1.82, 2.24) is 0 Å². The van der Waals surface area contributed by atoms with Gasteiger partial charge < -0.3 is 15.4 Å². The number of hydrogen-bond donors (Lipinski definition) is 2. The van der Waals surface area contributed by atoms with Crippen molar-refractivity contribution in [2.24, 2.45) is 0 Å². The molecule has 194 valence electrons. The first kappa shape index (κ1) is 26.9. The summed E-state index contributed by atoms with van der Waals surface area (Å²) in [5.74, 6) is -2.22. The summed E-state index contributed by atoms with van der Waals surface area (Å²) in [7, 11) is 0. The number of carbonyl (C=O) groups excluding carboxylic acids is 4. The van der Waals surface area contributed by atoms with E-state index in [1.54, 1.807) is 60.7 Å². The monoisotopic (exact) mass is 551 g/mol. The van der Waals surface area contributed by atoms with Gasteiger partial charge in [0.25, 0.3) is 17.7 Å². The molecule has 1 aliphatic rings. The van der Waals surface area contributed by atoms with Crippen LogP contribution in [0.15, 0.2) is 83.5 Å². The third-order valence-electron chi connectivity index (χ3n) is 5.62. The zero-order chi connectivity index (χ0) is 27.2.